The Balaban J connectivity index is 1.54. The number of allylic oxidation sites excluding steroid dienone is 3. The van der Waals surface area contributed by atoms with E-state index in [0.717, 1.165) is 19.3 Å². The van der Waals surface area contributed by atoms with Gasteiger partial charge in [-0.05, 0) is 80.2 Å². The number of esters is 1. The molecule has 5 fully saturated rings. The maximum atomic E-state index is 13.9. The molecule has 4 nitrogen and oxygen atoms in total. The molecular formula is C31H52O4Si2. The van der Waals surface area contributed by atoms with Gasteiger partial charge in [0.1, 0.15) is 6.10 Å². The molecule has 0 radical (unpaired) electrons. The van der Waals surface area contributed by atoms with E-state index in [-0.39, 0.29) is 35.2 Å². The van der Waals surface area contributed by atoms with Crippen LogP contribution in [0, 0.1) is 35.0 Å². The smallest absolute Gasteiger partial charge is 0.313 e. The highest BCUT2D eigenvalue weighted by Gasteiger charge is 2.74. The summed E-state index contributed by atoms with van der Waals surface area (Å²) in [4.78, 5) is 13.9. The van der Waals surface area contributed by atoms with Crippen LogP contribution in [0.15, 0.2) is 23.3 Å². The second-order valence-electron chi connectivity index (χ2n) is 14.6. The molecule has 9 atom stereocenters. The van der Waals surface area contributed by atoms with Crippen LogP contribution < -0.4 is 0 Å². The molecule has 0 N–H and O–H groups in total. The van der Waals surface area contributed by atoms with E-state index in [2.05, 4.69) is 80.6 Å². The summed E-state index contributed by atoms with van der Waals surface area (Å²) in [5.74, 6) is 1.92. The van der Waals surface area contributed by atoms with Crippen molar-refractivity contribution >= 4 is 22.6 Å². The van der Waals surface area contributed by atoms with Gasteiger partial charge in [0.2, 0.25) is 0 Å². The molecule has 1 spiro atoms. The van der Waals surface area contributed by atoms with Gasteiger partial charge in [-0.2, -0.15) is 0 Å². The average Bonchev–Trinajstić information content (AvgIpc) is 3.20. The Labute approximate surface area is 228 Å². The molecule has 3 saturated carbocycles. The molecule has 37 heavy (non-hydrogen) atoms. The van der Waals surface area contributed by atoms with E-state index in [1.165, 1.54) is 23.7 Å². The summed E-state index contributed by atoms with van der Waals surface area (Å²) in [7, 11) is -3.77. The van der Waals surface area contributed by atoms with Crippen LogP contribution in [0.2, 0.25) is 36.3 Å². The number of ether oxygens (including phenoxy) is 1. The second-order valence-corrected chi connectivity index (χ2v) is 24.0. The van der Waals surface area contributed by atoms with Crippen molar-refractivity contribution in [2.45, 2.75) is 129 Å². The molecule has 6 rings (SSSR count). The second kappa shape index (κ2) is 9.17. The summed E-state index contributed by atoms with van der Waals surface area (Å²) in [5.41, 5.74) is 2.58. The van der Waals surface area contributed by atoms with Gasteiger partial charge >= 0.3 is 5.97 Å². The number of carbonyl (C=O) groups is 1. The molecule has 0 amide bonds. The molecular weight excluding hydrogens is 493 g/mol. The molecule has 6 heteroatoms. The van der Waals surface area contributed by atoms with Crippen LogP contribution in [0.3, 0.4) is 0 Å². The average molecular weight is 545 g/mol. The molecule has 6 aliphatic rings. The van der Waals surface area contributed by atoms with Crippen molar-refractivity contribution in [1.82, 2.24) is 0 Å². The van der Waals surface area contributed by atoms with Gasteiger partial charge in [-0.15, -0.1) is 0 Å². The SMILES string of the molecule is CC[Si](CC)(CC)O[C@@H]1C=CC(C)=C2C[C@H]3C4[C@@H]2[C@@H]1CC[C@]41C(=O)O[C@@H]3C(O[Si](C)(C)C(C)(C)C)C1C. The van der Waals surface area contributed by atoms with Crippen molar-refractivity contribution in [3.05, 3.63) is 23.3 Å². The number of hydrogen-bond acceptors (Lipinski definition) is 4. The van der Waals surface area contributed by atoms with Gasteiger partial charge in [0.15, 0.2) is 16.6 Å². The predicted molar refractivity (Wildman–Crippen MR) is 155 cm³/mol. The fourth-order valence-electron chi connectivity index (χ4n) is 8.85. The molecule has 208 valence electrons. The lowest BCUT2D eigenvalue weighted by Crippen LogP contribution is -2.71. The molecule has 4 aliphatic carbocycles. The molecule has 0 aromatic rings. The van der Waals surface area contributed by atoms with Crippen molar-refractivity contribution in [3.63, 3.8) is 0 Å². The highest BCUT2D eigenvalue weighted by Crippen LogP contribution is 2.70. The Morgan fingerprint density at radius 3 is 2.32 bits per heavy atom. The minimum Gasteiger partial charge on any atom is -0.459 e. The Kier molecular flexibility index (Phi) is 6.90. The first kappa shape index (κ1) is 27.9. The summed E-state index contributed by atoms with van der Waals surface area (Å²) in [6.45, 7) is 23.2. The summed E-state index contributed by atoms with van der Waals surface area (Å²) >= 11 is 0. The van der Waals surface area contributed by atoms with E-state index in [1.807, 2.05) is 0 Å². The molecule has 3 unspecified atom stereocenters. The summed E-state index contributed by atoms with van der Waals surface area (Å²) in [6.07, 6.45) is 7.84. The maximum absolute atomic E-state index is 13.9. The molecule has 2 heterocycles. The highest BCUT2D eigenvalue weighted by atomic mass is 28.4. The first-order valence-electron chi connectivity index (χ1n) is 15.2. The van der Waals surface area contributed by atoms with E-state index in [0.29, 0.717) is 23.7 Å². The van der Waals surface area contributed by atoms with Crippen LogP contribution in [0.1, 0.15) is 74.7 Å². The van der Waals surface area contributed by atoms with E-state index in [1.54, 1.807) is 5.57 Å². The number of rotatable bonds is 7. The van der Waals surface area contributed by atoms with Gasteiger partial charge in [0.25, 0.3) is 0 Å². The van der Waals surface area contributed by atoms with Gasteiger partial charge < -0.3 is 13.6 Å². The minimum absolute atomic E-state index is 0.0163. The largest absolute Gasteiger partial charge is 0.459 e. The predicted octanol–water partition coefficient (Wildman–Crippen LogP) is 7.88. The standard InChI is InChI=1S/C31H52O4Si2/c1-11-37(12-2,13-3)34-24-15-14-19(4)22-18-23-26-25(22)21(24)16-17-31(26)20(5)27(28(23)33-29(31)32)35-36(9,10)30(6,7)8/h14-15,20-21,23-28H,11-13,16-18H2,1-10H3/t20?,21-,23+,24-,25-,26?,27?,28+,31-/m1/s1. The Morgan fingerprint density at radius 2 is 1.73 bits per heavy atom. The number of carbonyl (C=O) groups excluding carboxylic acids is 1. The lowest BCUT2D eigenvalue weighted by atomic mass is 9.46. The fraction of sp³-hybridized carbons (Fsp3) is 0.839. The van der Waals surface area contributed by atoms with Gasteiger partial charge in [-0.1, -0.05) is 71.8 Å². The van der Waals surface area contributed by atoms with Crippen molar-refractivity contribution < 1.29 is 18.4 Å². The first-order chi connectivity index (χ1) is 17.3. The topological polar surface area (TPSA) is 44.8 Å². The van der Waals surface area contributed by atoms with Crippen LogP contribution >= 0.6 is 0 Å². The summed E-state index contributed by atoms with van der Waals surface area (Å²) in [6, 6.07) is 3.53. The van der Waals surface area contributed by atoms with E-state index < -0.39 is 22.0 Å². The third kappa shape index (κ3) is 3.89. The Hall–Kier alpha value is -0.696. The van der Waals surface area contributed by atoms with E-state index >= 15 is 0 Å². The first-order valence-corrected chi connectivity index (χ1v) is 20.6. The third-order valence-electron chi connectivity index (χ3n) is 12.3. The molecule has 2 saturated heterocycles. The molecule has 0 aromatic carbocycles. The number of hydrogen-bond donors (Lipinski definition) is 0. The lowest BCUT2D eigenvalue weighted by molar-refractivity contribution is -0.255. The van der Waals surface area contributed by atoms with Crippen molar-refractivity contribution in [2.24, 2.45) is 35.0 Å². The highest BCUT2D eigenvalue weighted by molar-refractivity contribution is 6.74. The van der Waals surface area contributed by atoms with Crippen molar-refractivity contribution in [1.29, 1.82) is 0 Å². The summed E-state index contributed by atoms with van der Waals surface area (Å²) in [5, 5.41) is 0.131. The van der Waals surface area contributed by atoms with Gasteiger partial charge in [0, 0.05) is 11.8 Å². The lowest BCUT2D eigenvalue weighted by Gasteiger charge is -2.64. The van der Waals surface area contributed by atoms with E-state index in [4.69, 9.17) is 13.6 Å². The monoisotopic (exact) mass is 544 g/mol. The van der Waals surface area contributed by atoms with Crippen LogP contribution in [0.5, 0.6) is 0 Å². The molecule has 0 aromatic heterocycles. The molecule has 2 bridgehead atoms. The zero-order valence-corrected chi connectivity index (χ0v) is 27.1. The van der Waals surface area contributed by atoms with E-state index in [9.17, 15) is 4.79 Å². The minimum atomic E-state index is -2.01. The Morgan fingerprint density at radius 1 is 1.08 bits per heavy atom. The van der Waals surface area contributed by atoms with Gasteiger partial charge in [0.05, 0.1) is 17.6 Å². The fourth-order valence-corrected chi connectivity index (χ4v) is 13.0. The van der Waals surface area contributed by atoms with Crippen LogP contribution in [0.4, 0.5) is 0 Å². The van der Waals surface area contributed by atoms with Crippen LogP contribution in [0.25, 0.3) is 0 Å². The van der Waals surface area contributed by atoms with Crippen LogP contribution in [-0.2, 0) is 18.4 Å². The zero-order chi connectivity index (χ0) is 27.1. The van der Waals surface area contributed by atoms with Gasteiger partial charge in [-0.3, -0.25) is 4.79 Å². The third-order valence-corrected chi connectivity index (χ3v) is 21.5. The maximum Gasteiger partial charge on any atom is 0.313 e. The van der Waals surface area contributed by atoms with Crippen molar-refractivity contribution in [3.8, 4) is 0 Å². The Bertz CT molecular complexity index is 981. The van der Waals surface area contributed by atoms with Crippen LogP contribution in [-0.4, -0.2) is 40.9 Å². The number of fused-ring (bicyclic) bond motifs is 2. The summed E-state index contributed by atoms with van der Waals surface area (Å²) < 4.78 is 20.7. The van der Waals surface area contributed by atoms with Gasteiger partial charge in [-0.25, -0.2) is 0 Å². The normalized spacial score (nSPS) is 41.1. The zero-order valence-electron chi connectivity index (χ0n) is 25.1. The van der Waals surface area contributed by atoms with Crippen molar-refractivity contribution in [2.75, 3.05) is 0 Å². The quantitative estimate of drug-likeness (QED) is 0.242. The molecule has 2 aliphatic heterocycles.